The van der Waals surface area contributed by atoms with Crippen LogP contribution in [0.15, 0.2) is 22.7 Å². The summed E-state index contributed by atoms with van der Waals surface area (Å²) < 4.78 is 4.86. The van der Waals surface area contributed by atoms with Gasteiger partial charge in [-0.25, -0.2) is 0 Å². The maximum absolute atomic E-state index is 10.4. The van der Waals surface area contributed by atoms with Gasteiger partial charge in [0.1, 0.15) is 0 Å². The van der Waals surface area contributed by atoms with Gasteiger partial charge >= 0.3 is 5.00 Å². The zero-order valence-corrected chi connectivity index (χ0v) is 7.65. The minimum Gasteiger partial charge on any atom is -0.381 e. The second-order valence-electron chi connectivity index (χ2n) is 2.51. The fourth-order valence-corrected chi connectivity index (χ4v) is 1.73. The SMILES string of the molecule is Nc1cc(-c2ccc([N+](=O)[O-])s2)on1. The summed E-state index contributed by atoms with van der Waals surface area (Å²) in [6, 6.07) is 4.54. The number of thiophene rings is 1. The lowest BCUT2D eigenvalue weighted by Crippen LogP contribution is -1.80. The first-order valence-electron chi connectivity index (χ1n) is 3.63. The van der Waals surface area contributed by atoms with Gasteiger partial charge in [0.25, 0.3) is 0 Å². The highest BCUT2D eigenvalue weighted by atomic mass is 32.1. The van der Waals surface area contributed by atoms with E-state index in [4.69, 9.17) is 10.3 Å². The maximum atomic E-state index is 10.4. The summed E-state index contributed by atoms with van der Waals surface area (Å²) >= 11 is 1.02. The smallest absolute Gasteiger partial charge is 0.324 e. The molecule has 6 nitrogen and oxygen atoms in total. The van der Waals surface area contributed by atoms with Gasteiger partial charge in [0, 0.05) is 12.1 Å². The summed E-state index contributed by atoms with van der Waals surface area (Å²) in [4.78, 5) is 10.6. The molecular formula is C7H5N3O3S. The van der Waals surface area contributed by atoms with Gasteiger partial charge < -0.3 is 10.3 Å². The summed E-state index contributed by atoms with van der Waals surface area (Å²) in [5.74, 6) is 0.705. The highest BCUT2D eigenvalue weighted by Gasteiger charge is 2.13. The van der Waals surface area contributed by atoms with Gasteiger partial charge in [0.15, 0.2) is 11.6 Å². The molecule has 0 fully saturated rings. The maximum Gasteiger partial charge on any atom is 0.324 e. The Morgan fingerprint density at radius 3 is 2.86 bits per heavy atom. The van der Waals surface area contributed by atoms with E-state index in [0.717, 1.165) is 11.3 Å². The molecule has 2 N–H and O–H groups in total. The number of nitro groups is 1. The number of nitrogens with two attached hydrogens (primary N) is 1. The van der Waals surface area contributed by atoms with Crippen LogP contribution < -0.4 is 5.73 Å². The third-order valence-corrected chi connectivity index (χ3v) is 2.59. The molecule has 2 heterocycles. The standard InChI is InChI=1S/C7H5N3O3S/c8-6-3-4(13-9-6)5-1-2-7(14-5)10(11)12/h1-3H,(H2,8,9). The molecule has 0 radical (unpaired) electrons. The van der Waals surface area contributed by atoms with Crippen LogP contribution >= 0.6 is 11.3 Å². The van der Waals surface area contributed by atoms with Crippen LogP contribution in [0.3, 0.4) is 0 Å². The van der Waals surface area contributed by atoms with Crippen LogP contribution in [-0.4, -0.2) is 10.1 Å². The van der Waals surface area contributed by atoms with Gasteiger partial charge in [-0.3, -0.25) is 10.1 Å². The summed E-state index contributed by atoms with van der Waals surface area (Å²) in [5, 5.41) is 13.9. The lowest BCUT2D eigenvalue weighted by atomic mass is 10.4. The van der Waals surface area contributed by atoms with E-state index in [1.165, 1.54) is 12.1 Å². The highest BCUT2D eigenvalue weighted by Crippen LogP contribution is 2.33. The van der Waals surface area contributed by atoms with Crippen molar-refractivity contribution >= 4 is 22.2 Å². The van der Waals surface area contributed by atoms with Crippen LogP contribution in [0.5, 0.6) is 0 Å². The van der Waals surface area contributed by atoms with E-state index in [1.54, 1.807) is 6.07 Å². The molecule has 0 unspecified atom stereocenters. The number of rotatable bonds is 2. The number of nitrogen functional groups attached to an aromatic ring is 1. The van der Waals surface area contributed by atoms with Gasteiger partial charge in [0.05, 0.1) is 9.80 Å². The Morgan fingerprint density at radius 1 is 1.57 bits per heavy atom. The number of aromatic nitrogens is 1. The van der Waals surface area contributed by atoms with E-state index in [0.29, 0.717) is 10.6 Å². The third-order valence-electron chi connectivity index (χ3n) is 1.54. The average molecular weight is 211 g/mol. The van der Waals surface area contributed by atoms with Crippen LogP contribution in [0.1, 0.15) is 0 Å². The number of nitrogens with zero attached hydrogens (tertiary/aromatic N) is 2. The lowest BCUT2D eigenvalue weighted by Gasteiger charge is -1.83. The molecule has 2 aromatic heterocycles. The van der Waals surface area contributed by atoms with Crippen LogP contribution in [0.4, 0.5) is 10.8 Å². The monoisotopic (exact) mass is 211 g/mol. The van der Waals surface area contributed by atoms with Crippen molar-refractivity contribution in [3.8, 4) is 10.6 Å². The number of anilines is 1. The van der Waals surface area contributed by atoms with Crippen LogP contribution in [-0.2, 0) is 0 Å². The highest BCUT2D eigenvalue weighted by molar-refractivity contribution is 7.18. The first-order valence-corrected chi connectivity index (χ1v) is 4.45. The third kappa shape index (κ3) is 1.44. The van der Waals surface area contributed by atoms with Crippen molar-refractivity contribution in [3.05, 3.63) is 28.3 Å². The van der Waals surface area contributed by atoms with Gasteiger partial charge in [-0.15, -0.1) is 0 Å². The predicted molar refractivity (Wildman–Crippen MR) is 50.9 cm³/mol. The molecule has 2 rings (SSSR count). The summed E-state index contributed by atoms with van der Waals surface area (Å²) in [6.07, 6.45) is 0. The van der Waals surface area contributed by atoms with E-state index in [9.17, 15) is 10.1 Å². The Kier molecular flexibility index (Phi) is 1.93. The van der Waals surface area contributed by atoms with E-state index in [2.05, 4.69) is 5.16 Å². The largest absolute Gasteiger partial charge is 0.381 e. The zero-order valence-electron chi connectivity index (χ0n) is 6.84. The molecule has 0 aliphatic rings. The van der Waals surface area contributed by atoms with E-state index < -0.39 is 4.92 Å². The molecule has 0 bridgehead atoms. The zero-order chi connectivity index (χ0) is 10.1. The fourth-order valence-electron chi connectivity index (χ4n) is 0.963. The molecule has 0 atom stereocenters. The molecule has 0 spiro atoms. The Morgan fingerprint density at radius 2 is 2.36 bits per heavy atom. The van der Waals surface area contributed by atoms with Crippen LogP contribution in [0, 0.1) is 10.1 Å². The van der Waals surface area contributed by atoms with Gasteiger partial charge in [-0.1, -0.05) is 16.5 Å². The van der Waals surface area contributed by atoms with Gasteiger partial charge in [0.2, 0.25) is 0 Å². The van der Waals surface area contributed by atoms with Crippen molar-refractivity contribution in [1.82, 2.24) is 5.16 Å². The predicted octanol–water partition coefficient (Wildman–Crippen LogP) is 1.89. The topological polar surface area (TPSA) is 95.2 Å². The average Bonchev–Trinajstić information content (AvgIpc) is 2.70. The minimum atomic E-state index is -0.451. The number of hydrogen-bond acceptors (Lipinski definition) is 6. The Balaban J connectivity index is 2.38. The van der Waals surface area contributed by atoms with Gasteiger partial charge in [-0.2, -0.15) is 0 Å². The Labute approximate surface area is 82.1 Å². The van der Waals surface area contributed by atoms with Crippen molar-refractivity contribution in [2.75, 3.05) is 5.73 Å². The van der Waals surface area contributed by atoms with Gasteiger partial charge in [-0.05, 0) is 6.07 Å². The first-order chi connectivity index (χ1) is 6.66. The Hall–Kier alpha value is -1.89. The second kappa shape index (κ2) is 3.11. The minimum absolute atomic E-state index is 0.0648. The van der Waals surface area contributed by atoms with E-state index in [-0.39, 0.29) is 10.8 Å². The first kappa shape index (κ1) is 8.70. The molecule has 2 aromatic rings. The molecule has 72 valence electrons. The van der Waals surface area contributed by atoms with Crippen molar-refractivity contribution in [2.24, 2.45) is 0 Å². The number of hydrogen-bond donors (Lipinski definition) is 1. The lowest BCUT2D eigenvalue weighted by molar-refractivity contribution is -0.380. The molecule has 0 aliphatic heterocycles. The van der Waals surface area contributed by atoms with Crippen molar-refractivity contribution < 1.29 is 9.45 Å². The molecule has 14 heavy (non-hydrogen) atoms. The molecule has 0 saturated carbocycles. The molecule has 0 amide bonds. The second-order valence-corrected chi connectivity index (χ2v) is 3.57. The van der Waals surface area contributed by atoms with Crippen molar-refractivity contribution in [2.45, 2.75) is 0 Å². The van der Waals surface area contributed by atoms with Crippen molar-refractivity contribution in [1.29, 1.82) is 0 Å². The molecule has 0 aliphatic carbocycles. The van der Waals surface area contributed by atoms with Crippen LogP contribution in [0.2, 0.25) is 0 Å². The summed E-state index contributed by atoms with van der Waals surface area (Å²) in [6.45, 7) is 0. The molecule has 0 aromatic carbocycles. The molecule has 7 heteroatoms. The van der Waals surface area contributed by atoms with Crippen molar-refractivity contribution in [3.63, 3.8) is 0 Å². The molecule has 0 saturated heterocycles. The van der Waals surface area contributed by atoms with Crippen LogP contribution in [0.25, 0.3) is 10.6 Å². The fraction of sp³-hybridized carbons (Fsp3) is 0. The van der Waals surface area contributed by atoms with E-state index >= 15 is 0 Å². The summed E-state index contributed by atoms with van der Waals surface area (Å²) in [5.41, 5.74) is 5.35. The Bertz CT molecular complexity index is 476. The quantitative estimate of drug-likeness (QED) is 0.604. The molecular weight excluding hydrogens is 206 g/mol. The summed E-state index contributed by atoms with van der Waals surface area (Å²) in [7, 11) is 0. The van der Waals surface area contributed by atoms with E-state index in [1.807, 2.05) is 0 Å². The normalized spacial score (nSPS) is 10.3.